The summed E-state index contributed by atoms with van der Waals surface area (Å²) in [6, 6.07) is 1.57. The second kappa shape index (κ2) is 2.59. The van der Waals surface area contributed by atoms with Gasteiger partial charge < -0.3 is 4.98 Å². The lowest BCUT2D eigenvalue weighted by Gasteiger charge is -1.90. The molecule has 2 nitrogen and oxygen atoms in total. The van der Waals surface area contributed by atoms with Crippen molar-refractivity contribution in [1.29, 1.82) is 0 Å². The number of rotatable bonds is 0. The molecular weight excluding hydrogens is 150 g/mol. The number of hydrogen-bond acceptors (Lipinski definition) is 1. The summed E-state index contributed by atoms with van der Waals surface area (Å²) in [5.41, 5.74) is 0.0718. The molecule has 1 aromatic heterocycles. The Balaban J connectivity index is 3.46. The molecule has 0 saturated carbocycles. The van der Waals surface area contributed by atoms with Crippen molar-refractivity contribution in [2.45, 2.75) is 0 Å². The van der Waals surface area contributed by atoms with E-state index in [2.05, 4.69) is 10.9 Å². The Labute approximate surface area is 62.8 Å². The predicted molar refractivity (Wildman–Crippen MR) is 40.0 cm³/mol. The van der Waals surface area contributed by atoms with Gasteiger partial charge in [0.25, 0.3) is 5.56 Å². The molecule has 1 aromatic rings. The fourth-order valence-corrected chi connectivity index (χ4v) is 0.743. The number of hydrogen-bond donors (Lipinski definition) is 1. The van der Waals surface area contributed by atoms with Crippen molar-refractivity contribution in [1.82, 2.24) is 4.98 Å². The number of nitrogens with one attached hydrogen (secondary N) is 1. The molecule has 1 rings (SSSR count). The third-order valence-electron chi connectivity index (χ3n) is 1.06. The maximum atomic E-state index is 10.7. The molecule has 0 aromatic carbocycles. The second-order valence-electron chi connectivity index (χ2n) is 1.68. The summed E-state index contributed by atoms with van der Waals surface area (Å²) in [6.07, 6.45) is 6.49. The van der Waals surface area contributed by atoms with Crippen LogP contribution in [0, 0.1) is 12.3 Å². The fourth-order valence-electron chi connectivity index (χ4n) is 0.571. The van der Waals surface area contributed by atoms with E-state index in [-0.39, 0.29) is 10.6 Å². The molecule has 0 saturated heterocycles. The third-order valence-corrected chi connectivity index (χ3v) is 1.43. The van der Waals surface area contributed by atoms with Gasteiger partial charge in [0, 0.05) is 11.8 Å². The standard InChI is InChI=1S/C7H4ClNO/c1-2-5-3-4-9-7(10)6(5)8/h1,3-4H,(H,9,10). The van der Waals surface area contributed by atoms with Crippen LogP contribution in [0.4, 0.5) is 0 Å². The van der Waals surface area contributed by atoms with Crippen LogP contribution in [0.15, 0.2) is 17.1 Å². The van der Waals surface area contributed by atoms with Crippen LogP contribution in [0.2, 0.25) is 5.02 Å². The summed E-state index contributed by atoms with van der Waals surface area (Å²) >= 11 is 5.51. The van der Waals surface area contributed by atoms with Crippen molar-refractivity contribution in [3.05, 3.63) is 33.2 Å². The molecule has 0 aliphatic heterocycles. The molecule has 1 heterocycles. The number of aromatic amines is 1. The maximum absolute atomic E-state index is 10.7. The molecule has 10 heavy (non-hydrogen) atoms. The first-order valence-corrected chi connectivity index (χ1v) is 2.97. The molecule has 0 amide bonds. The van der Waals surface area contributed by atoms with Gasteiger partial charge in [-0.1, -0.05) is 17.5 Å². The van der Waals surface area contributed by atoms with Gasteiger partial charge in [-0.15, -0.1) is 6.42 Å². The number of terminal acetylenes is 1. The largest absolute Gasteiger partial charge is 0.328 e. The van der Waals surface area contributed by atoms with Crippen LogP contribution in [0.5, 0.6) is 0 Å². The minimum Gasteiger partial charge on any atom is -0.328 e. The lowest BCUT2D eigenvalue weighted by Crippen LogP contribution is -2.05. The highest BCUT2D eigenvalue weighted by molar-refractivity contribution is 6.31. The Bertz CT molecular complexity index is 334. The van der Waals surface area contributed by atoms with Gasteiger partial charge in [-0.25, -0.2) is 0 Å². The third kappa shape index (κ3) is 1.04. The van der Waals surface area contributed by atoms with Crippen LogP contribution >= 0.6 is 11.6 Å². The Kier molecular flexibility index (Phi) is 1.79. The van der Waals surface area contributed by atoms with Gasteiger partial charge >= 0.3 is 0 Å². The Hall–Kier alpha value is -1.20. The molecule has 0 fully saturated rings. The Morgan fingerprint density at radius 2 is 2.40 bits per heavy atom. The molecule has 0 radical (unpaired) electrons. The Morgan fingerprint density at radius 1 is 1.70 bits per heavy atom. The van der Waals surface area contributed by atoms with Crippen LogP contribution in [0.1, 0.15) is 5.56 Å². The Morgan fingerprint density at radius 3 is 2.90 bits per heavy atom. The molecule has 0 bridgehead atoms. The molecule has 0 aliphatic rings. The topological polar surface area (TPSA) is 32.9 Å². The first kappa shape index (κ1) is 6.91. The van der Waals surface area contributed by atoms with Gasteiger partial charge in [0.15, 0.2) is 0 Å². The summed E-state index contributed by atoms with van der Waals surface area (Å²) in [5.74, 6) is 2.28. The van der Waals surface area contributed by atoms with E-state index in [1.54, 1.807) is 6.07 Å². The smallest absolute Gasteiger partial charge is 0.267 e. The van der Waals surface area contributed by atoms with Gasteiger partial charge in [0.1, 0.15) is 5.02 Å². The molecule has 0 aliphatic carbocycles. The predicted octanol–water partition coefficient (Wildman–Crippen LogP) is 1.01. The fraction of sp³-hybridized carbons (Fsp3) is 0. The van der Waals surface area contributed by atoms with E-state index in [1.807, 2.05) is 0 Å². The zero-order valence-corrected chi connectivity index (χ0v) is 5.77. The van der Waals surface area contributed by atoms with E-state index >= 15 is 0 Å². The molecule has 50 valence electrons. The van der Waals surface area contributed by atoms with E-state index in [1.165, 1.54) is 6.20 Å². The zero-order valence-electron chi connectivity index (χ0n) is 5.02. The number of aromatic nitrogens is 1. The molecule has 0 atom stereocenters. The number of pyridine rings is 1. The highest BCUT2D eigenvalue weighted by atomic mass is 35.5. The zero-order chi connectivity index (χ0) is 7.56. The van der Waals surface area contributed by atoms with Crippen molar-refractivity contribution in [2.75, 3.05) is 0 Å². The first-order valence-electron chi connectivity index (χ1n) is 2.59. The maximum Gasteiger partial charge on any atom is 0.267 e. The van der Waals surface area contributed by atoms with Crippen molar-refractivity contribution >= 4 is 11.6 Å². The van der Waals surface area contributed by atoms with Crippen LogP contribution < -0.4 is 5.56 Å². The average Bonchev–Trinajstić information content (AvgIpc) is 1.95. The van der Waals surface area contributed by atoms with E-state index in [0.29, 0.717) is 5.56 Å². The highest BCUT2D eigenvalue weighted by Crippen LogP contribution is 2.05. The summed E-state index contributed by atoms with van der Waals surface area (Å²) < 4.78 is 0. The molecule has 0 spiro atoms. The van der Waals surface area contributed by atoms with Crippen LogP contribution in [-0.2, 0) is 0 Å². The van der Waals surface area contributed by atoms with Crippen LogP contribution in [-0.4, -0.2) is 4.98 Å². The van der Waals surface area contributed by atoms with Gasteiger partial charge in [0.05, 0.1) is 0 Å². The van der Waals surface area contributed by atoms with Gasteiger partial charge in [0.2, 0.25) is 0 Å². The van der Waals surface area contributed by atoms with E-state index in [9.17, 15) is 4.79 Å². The van der Waals surface area contributed by atoms with Crippen molar-refractivity contribution in [3.63, 3.8) is 0 Å². The molecule has 0 unspecified atom stereocenters. The first-order chi connectivity index (χ1) is 4.75. The highest BCUT2D eigenvalue weighted by Gasteiger charge is 1.98. The van der Waals surface area contributed by atoms with Gasteiger partial charge in [-0.2, -0.15) is 0 Å². The van der Waals surface area contributed by atoms with Gasteiger partial charge in [-0.05, 0) is 6.07 Å². The molecular formula is C7H4ClNO. The van der Waals surface area contributed by atoms with E-state index in [4.69, 9.17) is 18.0 Å². The lowest BCUT2D eigenvalue weighted by molar-refractivity contribution is 1.23. The lowest BCUT2D eigenvalue weighted by atomic mass is 10.3. The van der Waals surface area contributed by atoms with Crippen molar-refractivity contribution in [2.24, 2.45) is 0 Å². The van der Waals surface area contributed by atoms with E-state index in [0.717, 1.165) is 0 Å². The minimum absolute atomic E-state index is 0.0741. The molecule has 1 N–H and O–H groups in total. The van der Waals surface area contributed by atoms with Gasteiger partial charge in [-0.3, -0.25) is 4.79 Å². The van der Waals surface area contributed by atoms with Crippen LogP contribution in [0.3, 0.4) is 0 Å². The van der Waals surface area contributed by atoms with Crippen molar-refractivity contribution in [3.8, 4) is 12.3 Å². The summed E-state index contributed by atoms with van der Waals surface area (Å²) in [4.78, 5) is 13.1. The second-order valence-corrected chi connectivity index (χ2v) is 2.06. The summed E-state index contributed by atoms with van der Waals surface area (Å²) in [7, 11) is 0. The minimum atomic E-state index is -0.350. The monoisotopic (exact) mass is 153 g/mol. The SMILES string of the molecule is C#Cc1cc[nH]c(=O)c1Cl. The van der Waals surface area contributed by atoms with E-state index < -0.39 is 0 Å². The average molecular weight is 154 g/mol. The quantitative estimate of drug-likeness (QED) is 0.555. The van der Waals surface area contributed by atoms with Crippen LogP contribution in [0.25, 0.3) is 0 Å². The normalized spacial score (nSPS) is 8.80. The summed E-state index contributed by atoms with van der Waals surface area (Å²) in [5, 5.41) is 0.0741. The van der Waals surface area contributed by atoms with Crippen molar-refractivity contribution < 1.29 is 0 Å². The molecule has 3 heteroatoms. The number of halogens is 1. The summed E-state index contributed by atoms with van der Waals surface area (Å²) in [6.45, 7) is 0. The number of H-pyrrole nitrogens is 1.